The first-order valence-corrected chi connectivity index (χ1v) is 8.16. The van der Waals surface area contributed by atoms with Crippen molar-refractivity contribution in [1.29, 1.82) is 0 Å². The summed E-state index contributed by atoms with van der Waals surface area (Å²) in [6.07, 6.45) is 12.7. The maximum Gasteiger partial charge on any atom is 0.0846 e. The molecule has 116 valence electrons. The zero-order chi connectivity index (χ0) is 15.5. The first kappa shape index (κ1) is 15.1. The SMILES string of the molecule is CC1(C(O)/C=C2/C(C)(C)[C@@H]3CC[C@@]2(C)[C@@H]3O)C=CCC=C1. The Labute approximate surface area is 128 Å². The van der Waals surface area contributed by atoms with Gasteiger partial charge in [-0.3, -0.25) is 0 Å². The van der Waals surface area contributed by atoms with Crippen LogP contribution in [0.15, 0.2) is 36.0 Å². The van der Waals surface area contributed by atoms with Crippen molar-refractivity contribution in [3.63, 3.8) is 0 Å². The average molecular weight is 288 g/mol. The lowest BCUT2D eigenvalue weighted by atomic mass is 9.67. The fraction of sp³-hybridized carbons (Fsp3) is 0.684. The maximum absolute atomic E-state index is 10.8. The highest BCUT2D eigenvalue weighted by Crippen LogP contribution is 2.65. The number of allylic oxidation sites excluding steroid dienone is 2. The predicted octanol–water partition coefficient (Wildman–Crippen LogP) is 3.61. The van der Waals surface area contributed by atoms with Crippen LogP contribution in [0.1, 0.15) is 47.0 Å². The minimum absolute atomic E-state index is 0.0220. The van der Waals surface area contributed by atoms with E-state index in [0.717, 1.165) is 19.3 Å². The molecule has 0 aromatic rings. The van der Waals surface area contributed by atoms with Gasteiger partial charge in [-0.25, -0.2) is 0 Å². The second-order valence-electron chi connectivity index (χ2n) is 8.16. The van der Waals surface area contributed by atoms with E-state index in [4.69, 9.17) is 0 Å². The van der Waals surface area contributed by atoms with E-state index < -0.39 is 6.10 Å². The molecule has 0 spiro atoms. The first-order chi connectivity index (χ1) is 9.72. The molecule has 2 fully saturated rings. The van der Waals surface area contributed by atoms with Crippen molar-refractivity contribution in [1.82, 2.24) is 0 Å². The van der Waals surface area contributed by atoms with Gasteiger partial charge in [0.2, 0.25) is 0 Å². The quantitative estimate of drug-likeness (QED) is 0.762. The van der Waals surface area contributed by atoms with Crippen molar-refractivity contribution >= 4 is 0 Å². The number of rotatable bonds is 2. The second kappa shape index (κ2) is 4.57. The number of aliphatic hydroxyl groups is 2. The summed E-state index contributed by atoms with van der Waals surface area (Å²) in [5, 5.41) is 21.4. The molecule has 4 atom stereocenters. The number of hydrogen-bond acceptors (Lipinski definition) is 2. The van der Waals surface area contributed by atoms with Crippen LogP contribution >= 0.6 is 0 Å². The van der Waals surface area contributed by atoms with Crippen LogP contribution in [0.4, 0.5) is 0 Å². The molecule has 3 aliphatic carbocycles. The molecule has 21 heavy (non-hydrogen) atoms. The summed E-state index contributed by atoms with van der Waals surface area (Å²) < 4.78 is 0. The molecule has 3 rings (SSSR count). The average Bonchev–Trinajstić information content (AvgIpc) is 2.79. The summed E-state index contributed by atoms with van der Waals surface area (Å²) in [4.78, 5) is 0. The lowest BCUT2D eigenvalue weighted by molar-refractivity contribution is 0.0750. The summed E-state index contributed by atoms with van der Waals surface area (Å²) >= 11 is 0. The van der Waals surface area contributed by atoms with E-state index in [1.54, 1.807) is 0 Å². The number of aliphatic hydroxyl groups excluding tert-OH is 2. The molecular weight excluding hydrogens is 260 g/mol. The van der Waals surface area contributed by atoms with Crippen LogP contribution in [0.3, 0.4) is 0 Å². The van der Waals surface area contributed by atoms with Gasteiger partial charge in [-0.05, 0) is 37.5 Å². The van der Waals surface area contributed by atoms with Crippen LogP contribution in [0.2, 0.25) is 0 Å². The summed E-state index contributed by atoms with van der Waals surface area (Å²) in [5.74, 6) is 0.325. The van der Waals surface area contributed by atoms with Gasteiger partial charge in [-0.2, -0.15) is 0 Å². The van der Waals surface area contributed by atoms with E-state index in [9.17, 15) is 10.2 Å². The minimum atomic E-state index is -0.539. The maximum atomic E-state index is 10.8. The summed E-state index contributed by atoms with van der Waals surface area (Å²) in [6.45, 7) is 8.68. The molecular formula is C19H28O2. The minimum Gasteiger partial charge on any atom is -0.392 e. The highest BCUT2D eigenvalue weighted by molar-refractivity contribution is 5.37. The van der Waals surface area contributed by atoms with Crippen LogP contribution in [0.5, 0.6) is 0 Å². The topological polar surface area (TPSA) is 40.5 Å². The van der Waals surface area contributed by atoms with Crippen molar-refractivity contribution in [3.8, 4) is 0 Å². The molecule has 0 aromatic heterocycles. The molecule has 2 nitrogen and oxygen atoms in total. The highest BCUT2D eigenvalue weighted by Gasteiger charge is 2.62. The van der Waals surface area contributed by atoms with Gasteiger partial charge in [0.1, 0.15) is 0 Å². The molecule has 0 heterocycles. The lowest BCUT2D eigenvalue weighted by Crippen LogP contribution is -2.33. The molecule has 3 aliphatic rings. The van der Waals surface area contributed by atoms with Gasteiger partial charge in [0.05, 0.1) is 12.2 Å². The van der Waals surface area contributed by atoms with E-state index in [1.165, 1.54) is 5.57 Å². The van der Waals surface area contributed by atoms with Gasteiger partial charge in [0.15, 0.2) is 0 Å². The van der Waals surface area contributed by atoms with Crippen LogP contribution in [-0.2, 0) is 0 Å². The lowest BCUT2D eigenvalue weighted by Gasteiger charge is -2.38. The van der Waals surface area contributed by atoms with E-state index in [0.29, 0.717) is 5.92 Å². The van der Waals surface area contributed by atoms with Crippen LogP contribution < -0.4 is 0 Å². The monoisotopic (exact) mass is 288 g/mol. The van der Waals surface area contributed by atoms with Crippen LogP contribution in [0.25, 0.3) is 0 Å². The van der Waals surface area contributed by atoms with Gasteiger partial charge < -0.3 is 10.2 Å². The van der Waals surface area contributed by atoms with Gasteiger partial charge in [-0.15, -0.1) is 0 Å². The van der Waals surface area contributed by atoms with Gasteiger partial charge in [0, 0.05) is 10.8 Å². The Hall–Kier alpha value is -0.860. The Balaban J connectivity index is 1.97. The zero-order valence-electron chi connectivity index (χ0n) is 13.6. The zero-order valence-corrected chi connectivity index (χ0v) is 13.6. The van der Waals surface area contributed by atoms with E-state index in [1.807, 2.05) is 6.08 Å². The van der Waals surface area contributed by atoms with Gasteiger partial charge in [-0.1, -0.05) is 56.7 Å². The Morgan fingerprint density at radius 3 is 2.33 bits per heavy atom. The Morgan fingerprint density at radius 1 is 1.19 bits per heavy atom. The van der Waals surface area contributed by atoms with Crippen LogP contribution in [-0.4, -0.2) is 22.4 Å². The summed E-state index contributed by atoms with van der Waals surface area (Å²) in [6, 6.07) is 0. The normalized spacial score (nSPS) is 42.7. The fourth-order valence-corrected chi connectivity index (χ4v) is 4.91. The third-order valence-electron chi connectivity index (χ3n) is 6.43. The van der Waals surface area contributed by atoms with Crippen LogP contribution in [0, 0.1) is 22.2 Å². The molecule has 0 saturated heterocycles. The van der Waals surface area contributed by atoms with E-state index in [-0.39, 0.29) is 22.3 Å². The summed E-state index contributed by atoms with van der Waals surface area (Å²) in [7, 11) is 0. The molecule has 0 amide bonds. The summed E-state index contributed by atoms with van der Waals surface area (Å²) in [5.41, 5.74) is 0.740. The smallest absolute Gasteiger partial charge is 0.0846 e. The number of hydrogen-bond donors (Lipinski definition) is 2. The third-order valence-corrected chi connectivity index (χ3v) is 6.43. The molecule has 2 bridgehead atoms. The standard InChI is InChI=1S/C19H28O2/c1-17(2)13-8-11-19(4,16(13)21)14(17)12-15(20)18(3)9-6-5-7-10-18/h6-7,9-10,12-13,15-16,20-21H,5,8,11H2,1-4H3/b14-12-/t13-,15?,16-,19-/m1/s1. The molecule has 0 radical (unpaired) electrons. The van der Waals surface area contributed by atoms with Crippen molar-refractivity contribution in [2.24, 2.45) is 22.2 Å². The fourth-order valence-electron chi connectivity index (χ4n) is 4.91. The van der Waals surface area contributed by atoms with Crippen molar-refractivity contribution in [3.05, 3.63) is 36.0 Å². The molecule has 2 saturated carbocycles. The molecule has 0 aliphatic heterocycles. The van der Waals surface area contributed by atoms with Crippen molar-refractivity contribution in [2.75, 3.05) is 0 Å². The van der Waals surface area contributed by atoms with Gasteiger partial charge >= 0.3 is 0 Å². The van der Waals surface area contributed by atoms with E-state index >= 15 is 0 Å². The Bertz CT molecular complexity index is 514. The Kier molecular flexibility index (Phi) is 3.27. The van der Waals surface area contributed by atoms with Gasteiger partial charge in [0.25, 0.3) is 0 Å². The largest absolute Gasteiger partial charge is 0.392 e. The third kappa shape index (κ3) is 1.99. The Morgan fingerprint density at radius 2 is 1.81 bits per heavy atom. The predicted molar refractivity (Wildman–Crippen MR) is 85.7 cm³/mol. The molecule has 2 heteroatoms. The van der Waals surface area contributed by atoms with E-state index in [2.05, 4.69) is 52.0 Å². The van der Waals surface area contributed by atoms with Crippen molar-refractivity contribution in [2.45, 2.75) is 59.2 Å². The molecule has 2 N–H and O–H groups in total. The van der Waals surface area contributed by atoms with Crippen molar-refractivity contribution < 1.29 is 10.2 Å². The molecule has 1 unspecified atom stereocenters. The first-order valence-electron chi connectivity index (χ1n) is 8.16. The molecule has 0 aromatic carbocycles. The number of fused-ring (bicyclic) bond motifs is 2. The second-order valence-corrected chi connectivity index (χ2v) is 8.16. The highest BCUT2D eigenvalue weighted by atomic mass is 16.3.